The van der Waals surface area contributed by atoms with Gasteiger partial charge in [-0.2, -0.15) is 0 Å². The molecule has 0 saturated carbocycles. The van der Waals surface area contributed by atoms with Crippen LogP contribution in [0.15, 0.2) is 36.0 Å². The van der Waals surface area contributed by atoms with Gasteiger partial charge in [0.05, 0.1) is 4.88 Å². The van der Waals surface area contributed by atoms with Crippen LogP contribution in [0.25, 0.3) is 11.0 Å². The molecule has 1 fully saturated rings. The zero-order valence-electron chi connectivity index (χ0n) is 14.5. The third kappa shape index (κ3) is 3.53. The number of nitrogens with zero attached hydrogens (tertiary/aromatic N) is 2. The first-order valence-corrected chi connectivity index (χ1v) is 9.78. The van der Waals surface area contributed by atoms with E-state index in [0.29, 0.717) is 18.1 Å². The van der Waals surface area contributed by atoms with Crippen molar-refractivity contribution in [1.82, 2.24) is 14.9 Å². The number of pyridine rings is 1. The Balaban J connectivity index is 1.52. The first kappa shape index (κ1) is 16.5. The van der Waals surface area contributed by atoms with E-state index < -0.39 is 0 Å². The van der Waals surface area contributed by atoms with E-state index >= 15 is 0 Å². The van der Waals surface area contributed by atoms with E-state index in [4.69, 9.17) is 0 Å². The Bertz CT molecular complexity index is 882. The van der Waals surface area contributed by atoms with Crippen LogP contribution in [0.4, 0.5) is 0 Å². The van der Waals surface area contributed by atoms with Crippen LogP contribution < -0.4 is 0 Å². The number of aromatic nitrogens is 2. The number of fused-ring (bicyclic) bond motifs is 1. The summed E-state index contributed by atoms with van der Waals surface area (Å²) in [5.74, 6) is 0.808. The molecule has 1 saturated heterocycles. The van der Waals surface area contributed by atoms with Crippen LogP contribution >= 0.6 is 11.3 Å². The molecule has 130 valence electrons. The second-order valence-electron chi connectivity index (χ2n) is 7.06. The van der Waals surface area contributed by atoms with Crippen LogP contribution in [0.2, 0.25) is 0 Å². The van der Waals surface area contributed by atoms with Gasteiger partial charge in [-0.3, -0.25) is 4.79 Å². The average Bonchev–Trinajstić information content (AvgIpc) is 3.24. The maximum atomic E-state index is 12.9. The summed E-state index contributed by atoms with van der Waals surface area (Å²) in [5.41, 5.74) is 3.27. The normalized spacial score (nSPS) is 18.7. The zero-order chi connectivity index (χ0) is 17.2. The van der Waals surface area contributed by atoms with E-state index in [9.17, 15) is 4.79 Å². The number of carbonyl (C=O) groups is 1. The Kier molecular flexibility index (Phi) is 4.68. The summed E-state index contributed by atoms with van der Waals surface area (Å²) in [7, 11) is 2.15. The van der Waals surface area contributed by atoms with Crippen molar-refractivity contribution in [1.29, 1.82) is 0 Å². The standard InChI is InChI=1S/C20H23N3OS/c1-23-9-2-3-14(13-23)11-18(24)19-16(6-10-25-19)12-15-4-7-21-20-17(15)5-8-22-20/h4-8,10,14H,2-3,9,11-13H2,1H3,(H,21,22). The molecule has 0 bridgehead atoms. The highest BCUT2D eigenvalue weighted by atomic mass is 32.1. The number of nitrogens with one attached hydrogen (secondary N) is 1. The molecule has 0 amide bonds. The molecule has 0 aromatic carbocycles. The number of H-pyrrole nitrogens is 1. The fourth-order valence-corrected chi connectivity index (χ4v) is 4.77. The highest BCUT2D eigenvalue weighted by Gasteiger charge is 2.23. The fourth-order valence-electron chi connectivity index (χ4n) is 3.89. The van der Waals surface area contributed by atoms with Crippen molar-refractivity contribution in [3.63, 3.8) is 0 Å². The molecule has 4 rings (SSSR count). The molecule has 4 nitrogen and oxygen atoms in total. The third-order valence-electron chi connectivity index (χ3n) is 5.13. The predicted molar refractivity (Wildman–Crippen MR) is 102 cm³/mol. The van der Waals surface area contributed by atoms with Crippen molar-refractivity contribution in [3.8, 4) is 0 Å². The van der Waals surface area contributed by atoms with Crippen molar-refractivity contribution in [2.24, 2.45) is 5.92 Å². The highest BCUT2D eigenvalue weighted by Crippen LogP contribution is 2.27. The summed E-state index contributed by atoms with van der Waals surface area (Å²) in [6.45, 7) is 2.20. The summed E-state index contributed by atoms with van der Waals surface area (Å²) in [6.07, 6.45) is 7.58. The molecule has 1 aliphatic heterocycles. The molecule has 0 radical (unpaired) electrons. The van der Waals surface area contributed by atoms with Gasteiger partial charge in [-0.05, 0) is 73.5 Å². The van der Waals surface area contributed by atoms with E-state index in [-0.39, 0.29) is 0 Å². The average molecular weight is 353 g/mol. The van der Waals surface area contributed by atoms with Gasteiger partial charge in [0.25, 0.3) is 0 Å². The minimum atomic E-state index is 0.310. The molecule has 1 unspecified atom stereocenters. The van der Waals surface area contributed by atoms with Gasteiger partial charge < -0.3 is 9.88 Å². The number of Topliss-reactive ketones (excluding diaryl/α,β-unsaturated/α-hetero) is 1. The van der Waals surface area contributed by atoms with Gasteiger partial charge in [0, 0.05) is 30.7 Å². The maximum absolute atomic E-state index is 12.9. The van der Waals surface area contributed by atoms with Crippen molar-refractivity contribution < 1.29 is 4.79 Å². The van der Waals surface area contributed by atoms with Crippen LogP contribution in [0.1, 0.15) is 40.1 Å². The monoisotopic (exact) mass is 353 g/mol. The van der Waals surface area contributed by atoms with Gasteiger partial charge in [0.2, 0.25) is 0 Å². The summed E-state index contributed by atoms with van der Waals surface area (Å²) < 4.78 is 0. The van der Waals surface area contributed by atoms with Gasteiger partial charge in [-0.15, -0.1) is 11.3 Å². The van der Waals surface area contributed by atoms with Gasteiger partial charge in [-0.25, -0.2) is 4.98 Å². The molecule has 1 N–H and O–H groups in total. The molecule has 3 aromatic heterocycles. The summed E-state index contributed by atoms with van der Waals surface area (Å²) in [4.78, 5) is 23.7. The quantitative estimate of drug-likeness (QED) is 0.702. The number of rotatable bonds is 5. The molecular weight excluding hydrogens is 330 g/mol. The van der Waals surface area contributed by atoms with Crippen LogP contribution in [-0.4, -0.2) is 40.8 Å². The minimum Gasteiger partial charge on any atom is -0.346 e. The number of aromatic amines is 1. The predicted octanol–water partition coefficient (Wildman–Crippen LogP) is 4.13. The first-order chi connectivity index (χ1) is 12.2. The summed E-state index contributed by atoms with van der Waals surface area (Å²) in [5, 5.41) is 3.19. The van der Waals surface area contributed by atoms with Gasteiger partial charge in [0.1, 0.15) is 5.65 Å². The lowest BCUT2D eigenvalue weighted by Gasteiger charge is -2.29. The second-order valence-corrected chi connectivity index (χ2v) is 7.98. The number of likely N-dealkylation sites (tertiary alicyclic amines) is 1. The Morgan fingerprint density at radius 2 is 2.28 bits per heavy atom. The second kappa shape index (κ2) is 7.10. The van der Waals surface area contributed by atoms with Crippen molar-refractivity contribution >= 4 is 28.2 Å². The number of piperidine rings is 1. The number of thiophene rings is 1. The number of carbonyl (C=O) groups excluding carboxylic acids is 1. The van der Waals surface area contributed by atoms with Crippen LogP contribution in [0.3, 0.4) is 0 Å². The topological polar surface area (TPSA) is 49.0 Å². The number of hydrogen-bond acceptors (Lipinski definition) is 4. The summed E-state index contributed by atoms with van der Waals surface area (Å²) >= 11 is 1.59. The molecular formula is C20H23N3OS. The Morgan fingerprint density at radius 3 is 3.16 bits per heavy atom. The summed E-state index contributed by atoms with van der Waals surface area (Å²) in [6, 6.07) is 6.21. The van der Waals surface area contributed by atoms with Gasteiger partial charge in [-0.1, -0.05) is 0 Å². The highest BCUT2D eigenvalue weighted by molar-refractivity contribution is 7.12. The smallest absolute Gasteiger partial charge is 0.173 e. The van der Waals surface area contributed by atoms with Crippen molar-refractivity contribution in [2.75, 3.05) is 20.1 Å². The molecule has 5 heteroatoms. The number of hydrogen-bond donors (Lipinski definition) is 1. The minimum absolute atomic E-state index is 0.310. The number of ketones is 1. The largest absolute Gasteiger partial charge is 0.346 e. The fraction of sp³-hybridized carbons (Fsp3) is 0.400. The lowest BCUT2D eigenvalue weighted by atomic mass is 9.92. The molecule has 0 aliphatic carbocycles. The SMILES string of the molecule is CN1CCCC(CC(=O)c2sccc2Cc2ccnc3[nH]ccc23)C1. The van der Waals surface area contributed by atoms with Gasteiger partial charge in [0.15, 0.2) is 5.78 Å². The first-order valence-electron chi connectivity index (χ1n) is 8.90. The van der Waals surface area contributed by atoms with Crippen LogP contribution in [0.5, 0.6) is 0 Å². The van der Waals surface area contributed by atoms with E-state index in [1.54, 1.807) is 11.3 Å². The molecule has 0 spiro atoms. The maximum Gasteiger partial charge on any atom is 0.173 e. The molecule has 1 atom stereocenters. The third-order valence-corrected chi connectivity index (χ3v) is 6.13. The van der Waals surface area contributed by atoms with Crippen molar-refractivity contribution in [3.05, 3.63) is 52.0 Å². The Morgan fingerprint density at radius 1 is 1.36 bits per heavy atom. The molecule has 1 aliphatic rings. The zero-order valence-corrected chi connectivity index (χ0v) is 15.3. The molecule has 4 heterocycles. The lowest BCUT2D eigenvalue weighted by molar-refractivity contribution is 0.0933. The lowest BCUT2D eigenvalue weighted by Crippen LogP contribution is -2.33. The van der Waals surface area contributed by atoms with E-state index in [1.807, 2.05) is 17.8 Å². The Hall–Kier alpha value is -1.98. The van der Waals surface area contributed by atoms with Gasteiger partial charge >= 0.3 is 0 Å². The van der Waals surface area contributed by atoms with Crippen LogP contribution in [0, 0.1) is 5.92 Å². The van der Waals surface area contributed by atoms with E-state index in [1.165, 1.54) is 18.4 Å². The molecule has 25 heavy (non-hydrogen) atoms. The van der Waals surface area contributed by atoms with Crippen LogP contribution in [-0.2, 0) is 6.42 Å². The van der Waals surface area contributed by atoms with Crippen molar-refractivity contribution in [2.45, 2.75) is 25.7 Å². The Labute approximate surface area is 151 Å². The van der Waals surface area contributed by atoms with E-state index in [2.05, 4.69) is 40.1 Å². The van der Waals surface area contributed by atoms with E-state index in [0.717, 1.165) is 41.0 Å². The molecule has 3 aromatic rings.